The Hall–Kier alpha value is -0.740. The molecule has 0 spiro atoms. The zero-order valence-electron chi connectivity index (χ0n) is 12.7. The summed E-state index contributed by atoms with van der Waals surface area (Å²) in [5.41, 5.74) is -1.27. The molecule has 0 fully saturated rings. The van der Waals surface area contributed by atoms with Gasteiger partial charge in [-0.1, -0.05) is 27.7 Å². The molecule has 0 heterocycles. The van der Waals surface area contributed by atoms with E-state index in [2.05, 4.69) is 19.2 Å². The second-order valence-corrected chi connectivity index (χ2v) is 5.08. The lowest BCUT2D eigenvalue weighted by molar-refractivity contribution is -0.140. The number of hydrogen-bond acceptors (Lipinski definition) is 4. The second kappa shape index (κ2) is 9.21. The second-order valence-electron chi connectivity index (χ2n) is 5.08. The molecule has 0 aliphatic carbocycles. The highest BCUT2D eigenvalue weighted by molar-refractivity contribution is 5.91. The summed E-state index contributed by atoms with van der Waals surface area (Å²) in [7, 11) is 0. The molecule has 0 saturated heterocycles. The highest BCUT2D eigenvalue weighted by Gasteiger charge is 2.37. The number of rotatable bonds is 11. The SMILES string of the molecule is CCC(CC)NC(CCC=O)C(=O)C(O)(CC)CC. The van der Waals surface area contributed by atoms with Crippen molar-refractivity contribution in [2.75, 3.05) is 0 Å². The molecule has 2 N–H and O–H groups in total. The van der Waals surface area contributed by atoms with Crippen molar-refractivity contribution in [3.05, 3.63) is 0 Å². The van der Waals surface area contributed by atoms with Crippen molar-refractivity contribution in [3.63, 3.8) is 0 Å². The molecule has 112 valence electrons. The number of carbonyl (C=O) groups excluding carboxylic acids is 2. The summed E-state index contributed by atoms with van der Waals surface area (Å²) in [6.45, 7) is 7.76. The van der Waals surface area contributed by atoms with Gasteiger partial charge in [0.25, 0.3) is 0 Å². The minimum absolute atomic E-state index is 0.175. The number of nitrogens with one attached hydrogen (secondary N) is 1. The smallest absolute Gasteiger partial charge is 0.181 e. The lowest BCUT2D eigenvalue weighted by atomic mass is 9.86. The standard InChI is InChI=1S/C15H29NO3/c1-5-12(6-2)16-13(10-9-11-17)14(18)15(19,7-3)8-4/h11-13,16,19H,5-10H2,1-4H3. The lowest BCUT2D eigenvalue weighted by Gasteiger charge is -2.31. The summed E-state index contributed by atoms with van der Waals surface area (Å²) in [6, 6.07) is -0.182. The molecule has 1 unspecified atom stereocenters. The summed E-state index contributed by atoms with van der Waals surface area (Å²) >= 11 is 0. The van der Waals surface area contributed by atoms with Crippen LogP contribution in [0.15, 0.2) is 0 Å². The molecule has 0 bridgehead atoms. The predicted molar refractivity (Wildman–Crippen MR) is 77.1 cm³/mol. The van der Waals surface area contributed by atoms with Gasteiger partial charge in [-0.3, -0.25) is 4.79 Å². The molecule has 4 heteroatoms. The van der Waals surface area contributed by atoms with Gasteiger partial charge in [0.05, 0.1) is 6.04 Å². The molecule has 0 amide bonds. The van der Waals surface area contributed by atoms with E-state index in [4.69, 9.17) is 0 Å². The maximum atomic E-state index is 12.5. The average molecular weight is 271 g/mol. The number of aldehydes is 1. The lowest BCUT2D eigenvalue weighted by Crippen LogP contribution is -2.52. The van der Waals surface area contributed by atoms with Crippen molar-refractivity contribution in [1.82, 2.24) is 5.32 Å². The van der Waals surface area contributed by atoms with Crippen LogP contribution in [-0.2, 0) is 9.59 Å². The van der Waals surface area contributed by atoms with Crippen molar-refractivity contribution in [2.24, 2.45) is 0 Å². The summed E-state index contributed by atoms with van der Waals surface area (Å²) < 4.78 is 0. The molecule has 0 rings (SSSR count). The molecule has 0 aromatic rings. The minimum atomic E-state index is -1.27. The van der Waals surface area contributed by atoms with Crippen LogP contribution in [0.5, 0.6) is 0 Å². The van der Waals surface area contributed by atoms with Gasteiger partial charge in [-0.25, -0.2) is 0 Å². The zero-order valence-corrected chi connectivity index (χ0v) is 12.7. The quantitative estimate of drug-likeness (QED) is 0.566. The van der Waals surface area contributed by atoms with E-state index in [-0.39, 0.29) is 11.8 Å². The van der Waals surface area contributed by atoms with Crippen molar-refractivity contribution >= 4 is 12.1 Å². The van der Waals surface area contributed by atoms with Gasteiger partial charge in [0, 0.05) is 12.5 Å². The molecular weight excluding hydrogens is 242 g/mol. The van der Waals surface area contributed by atoms with Crippen LogP contribution < -0.4 is 5.32 Å². The maximum Gasteiger partial charge on any atom is 0.181 e. The van der Waals surface area contributed by atoms with Crippen LogP contribution in [0.1, 0.15) is 66.2 Å². The van der Waals surface area contributed by atoms with Crippen LogP contribution in [-0.4, -0.2) is 34.9 Å². The fourth-order valence-corrected chi connectivity index (χ4v) is 2.26. The summed E-state index contributed by atoms with van der Waals surface area (Å²) in [5.74, 6) is -0.175. The van der Waals surface area contributed by atoms with Crippen LogP contribution in [0.4, 0.5) is 0 Å². The van der Waals surface area contributed by atoms with Crippen LogP contribution in [0, 0.1) is 0 Å². The molecule has 4 nitrogen and oxygen atoms in total. The Labute approximate surface area is 117 Å². The third-order valence-electron chi connectivity index (χ3n) is 3.94. The van der Waals surface area contributed by atoms with E-state index in [9.17, 15) is 14.7 Å². The van der Waals surface area contributed by atoms with E-state index >= 15 is 0 Å². The summed E-state index contributed by atoms with van der Waals surface area (Å²) in [5, 5.41) is 13.6. The first-order chi connectivity index (χ1) is 8.98. The third kappa shape index (κ3) is 5.41. The zero-order chi connectivity index (χ0) is 14.9. The van der Waals surface area contributed by atoms with Gasteiger partial charge in [0.2, 0.25) is 0 Å². The average Bonchev–Trinajstić information content (AvgIpc) is 2.46. The van der Waals surface area contributed by atoms with Crippen LogP contribution in [0.3, 0.4) is 0 Å². The fourth-order valence-electron chi connectivity index (χ4n) is 2.26. The molecule has 0 saturated carbocycles. The number of hydrogen-bond donors (Lipinski definition) is 2. The first-order valence-corrected chi connectivity index (χ1v) is 7.45. The molecule has 0 aromatic heterocycles. The fraction of sp³-hybridized carbons (Fsp3) is 0.867. The highest BCUT2D eigenvalue weighted by Crippen LogP contribution is 2.20. The Balaban J connectivity index is 4.90. The van der Waals surface area contributed by atoms with Crippen LogP contribution in [0.2, 0.25) is 0 Å². The molecule has 0 aliphatic heterocycles. The first kappa shape index (κ1) is 18.3. The van der Waals surface area contributed by atoms with Gasteiger partial charge in [0.1, 0.15) is 11.9 Å². The topological polar surface area (TPSA) is 66.4 Å². The van der Waals surface area contributed by atoms with Gasteiger partial charge in [-0.05, 0) is 32.1 Å². The van der Waals surface area contributed by atoms with E-state index in [0.29, 0.717) is 25.7 Å². The monoisotopic (exact) mass is 271 g/mol. The predicted octanol–water partition coefficient (Wildman–Crippen LogP) is 2.23. The van der Waals surface area contributed by atoms with Crippen molar-refractivity contribution in [2.45, 2.75) is 83.9 Å². The van der Waals surface area contributed by atoms with Crippen molar-refractivity contribution in [3.8, 4) is 0 Å². The van der Waals surface area contributed by atoms with E-state index < -0.39 is 11.6 Å². The number of ketones is 1. The minimum Gasteiger partial charge on any atom is -0.382 e. The summed E-state index contributed by atoms with van der Waals surface area (Å²) in [6.07, 6.45) is 4.30. The Bertz CT molecular complexity index is 271. The maximum absolute atomic E-state index is 12.5. The largest absolute Gasteiger partial charge is 0.382 e. The Morgan fingerprint density at radius 3 is 2.11 bits per heavy atom. The van der Waals surface area contributed by atoms with Gasteiger partial charge in [-0.15, -0.1) is 0 Å². The van der Waals surface area contributed by atoms with E-state index in [1.54, 1.807) is 0 Å². The number of carbonyl (C=O) groups is 2. The first-order valence-electron chi connectivity index (χ1n) is 7.45. The normalized spacial score (nSPS) is 13.6. The number of aliphatic hydroxyl groups is 1. The molecule has 1 atom stereocenters. The van der Waals surface area contributed by atoms with E-state index in [1.165, 1.54) is 0 Å². The molecule has 0 aromatic carbocycles. The van der Waals surface area contributed by atoms with Crippen LogP contribution >= 0.6 is 0 Å². The van der Waals surface area contributed by atoms with Gasteiger partial charge < -0.3 is 15.2 Å². The Morgan fingerprint density at radius 1 is 1.21 bits per heavy atom. The highest BCUT2D eigenvalue weighted by atomic mass is 16.3. The van der Waals surface area contributed by atoms with Crippen molar-refractivity contribution in [1.29, 1.82) is 0 Å². The van der Waals surface area contributed by atoms with Crippen molar-refractivity contribution < 1.29 is 14.7 Å². The number of Topliss-reactive ketones (excluding diaryl/α,β-unsaturated/α-hetero) is 1. The molecule has 19 heavy (non-hydrogen) atoms. The van der Waals surface area contributed by atoms with E-state index in [1.807, 2.05) is 13.8 Å². The van der Waals surface area contributed by atoms with Gasteiger partial charge in [0.15, 0.2) is 5.78 Å². The molecule has 0 aliphatic rings. The molecular formula is C15H29NO3. The van der Waals surface area contributed by atoms with Crippen LogP contribution in [0.25, 0.3) is 0 Å². The Morgan fingerprint density at radius 2 is 1.74 bits per heavy atom. The Kier molecular flexibility index (Phi) is 8.85. The molecule has 0 radical (unpaired) electrons. The summed E-state index contributed by atoms with van der Waals surface area (Å²) in [4.78, 5) is 23.0. The van der Waals surface area contributed by atoms with E-state index in [0.717, 1.165) is 19.1 Å². The van der Waals surface area contributed by atoms with Gasteiger partial charge in [-0.2, -0.15) is 0 Å². The third-order valence-corrected chi connectivity index (χ3v) is 3.94. The van der Waals surface area contributed by atoms with Gasteiger partial charge >= 0.3 is 0 Å².